The van der Waals surface area contributed by atoms with Gasteiger partial charge in [0.05, 0.1) is 12.4 Å². The summed E-state index contributed by atoms with van der Waals surface area (Å²) in [5, 5.41) is 0.0355. The Morgan fingerprint density at radius 1 is 1.38 bits per heavy atom. The zero-order valence-corrected chi connectivity index (χ0v) is 12.4. The van der Waals surface area contributed by atoms with Crippen LogP contribution < -0.4 is 0 Å². The van der Waals surface area contributed by atoms with Gasteiger partial charge >= 0.3 is 0 Å². The Balaban J connectivity index is 1.97. The van der Waals surface area contributed by atoms with E-state index < -0.39 is 10.0 Å². The van der Waals surface area contributed by atoms with Crippen LogP contribution in [0.5, 0.6) is 0 Å². The Hall–Kier alpha value is -1.73. The molecular formula is C14H16FN3O2S. The van der Waals surface area contributed by atoms with Gasteiger partial charge in [-0.05, 0) is 30.5 Å². The molecule has 1 saturated heterocycles. The van der Waals surface area contributed by atoms with Crippen LogP contribution in [0.2, 0.25) is 0 Å². The first-order valence-electron chi connectivity index (χ1n) is 6.74. The maximum Gasteiger partial charge on any atom is 0.262 e. The van der Waals surface area contributed by atoms with E-state index in [9.17, 15) is 12.8 Å². The number of halogens is 1. The van der Waals surface area contributed by atoms with Crippen molar-refractivity contribution in [3.05, 3.63) is 48.2 Å². The second kappa shape index (κ2) is 5.23. The molecule has 0 saturated carbocycles. The molecule has 1 aliphatic heterocycles. The van der Waals surface area contributed by atoms with Gasteiger partial charge in [0, 0.05) is 19.8 Å². The van der Waals surface area contributed by atoms with Crippen molar-refractivity contribution in [2.75, 3.05) is 6.54 Å². The molecule has 0 spiro atoms. The number of hydrogen-bond acceptors (Lipinski definition) is 3. The predicted molar refractivity (Wildman–Crippen MR) is 75.5 cm³/mol. The fraction of sp³-hybridized carbons (Fsp3) is 0.357. The molecule has 3 rings (SSSR count). The van der Waals surface area contributed by atoms with Crippen molar-refractivity contribution >= 4 is 10.0 Å². The summed E-state index contributed by atoms with van der Waals surface area (Å²) in [7, 11) is -1.93. The third-order valence-corrected chi connectivity index (χ3v) is 5.49. The van der Waals surface area contributed by atoms with Crippen molar-refractivity contribution in [3.8, 4) is 0 Å². The van der Waals surface area contributed by atoms with Gasteiger partial charge in [-0.1, -0.05) is 12.1 Å². The zero-order chi connectivity index (χ0) is 15.0. The van der Waals surface area contributed by atoms with Gasteiger partial charge < -0.3 is 4.57 Å². The minimum absolute atomic E-state index is 0.0355. The van der Waals surface area contributed by atoms with Gasteiger partial charge in [-0.15, -0.1) is 0 Å². The van der Waals surface area contributed by atoms with Crippen LogP contribution in [0.25, 0.3) is 0 Å². The first kappa shape index (κ1) is 14.2. The molecule has 1 aromatic heterocycles. The summed E-state index contributed by atoms with van der Waals surface area (Å²) in [5.41, 5.74) is 0.687. The largest absolute Gasteiger partial charge is 0.339 e. The quantitative estimate of drug-likeness (QED) is 0.872. The number of aryl methyl sites for hydroxylation is 1. The lowest BCUT2D eigenvalue weighted by Crippen LogP contribution is -2.31. The fourth-order valence-corrected chi connectivity index (χ4v) is 4.37. The van der Waals surface area contributed by atoms with Crippen LogP contribution in [0.4, 0.5) is 4.39 Å². The van der Waals surface area contributed by atoms with Crippen LogP contribution in [0.15, 0.2) is 41.8 Å². The topological polar surface area (TPSA) is 55.2 Å². The third-order valence-electron chi connectivity index (χ3n) is 3.69. The van der Waals surface area contributed by atoms with Gasteiger partial charge in [0.2, 0.25) is 0 Å². The molecular weight excluding hydrogens is 293 g/mol. The summed E-state index contributed by atoms with van der Waals surface area (Å²) in [6.07, 6.45) is 4.39. The smallest absolute Gasteiger partial charge is 0.262 e. The van der Waals surface area contributed by atoms with Crippen LogP contribution in [0, 0.1) is 5.82 Å². The third kappa shape index (κ3) is 2.58. The minimum atomic E-state index is -3.65. The highest BCUT2D eigenvalue weighted by Gasteiger charge is 2.37. The number of imidazole rings is 1. The predicted octanol–water partition coefficient (Wildman–Crippen LogP) is 2.08. The maximum absolute atomic E-state index is 13.4. The summed E-state index contributed by atoms with van der Waals surface area (Å²) in [6, 6.07) is 5.80. The molecule has 0 bridgehead atoms. The second-order valence-corrected chi connectivity index (χ2v) is 7.04. The first-order chi connectivity index (χ1) is 9.98. The Kier molecular flexibility index (Phi) is 3.54. The summed E-state index contributed by atoms with van der Waals surface area (Å²) in [6.45, 7) is 0.431. The molecule has 7 heteroatoms. The maximum atomic E-state index is 13.4. The van der Waals surface area contributed by atoms with Gasteiger partial charge in [0.15, 0.2) is 5.03 Å². The molecule has 0 unspecified atom stereocenters. The monoisotopic (exact) mass is 309 g/mol. The number of nitrogens with zero attached hydrogens (tertiary/aromatic N) is 3. The first-order valence-corrected chi connectivity index (χ1v) is 8.18. The van der Waals surface area contributed by atoms with Crippen LogP contribution in [0.1, 0.15) is 24.4 Å². The van der Waals surface area contributed by atoms with Crippen molar-refractivity contribution in [1.29, 1.82) is 0 Å². The number of aromatic nitrogens is 2. The Morgan fingerprint density at radius 2 is 2.19 bits per heavy atom. The van der Waals surface area contributed by atoms with Gasteiger partial charge in [0.1, 0.15) is 5.82 Å². The molecule has 21 heavy (non-hydrogen) atoms. The van der Waals surface area contributed by atoms with E-state index in [2.05, 4.69) is 4.98 Å². The number of rotatable bonds is 3. The van der Waals surface area contributed by atoms with Crippen molar-refractivity contribution in [3.63, 3.8) is 0 Å². The normalized spacial score (nSPS) is 20.0. The molecule has 0 aliphatic carbocycles. The number of sulfonamides is 1. The van der Waals surface area contributed by atoms with E-state index in [1.54, 1.807) is 23.7 Å². The second-order valence-electron chi connectivity index (χ2n) is 5.21. The number of benzene rings is 1. The molecule has 1 aliphatic rings. The summed E-state index contributed by atoms with van der Waals surface area (Å²) in [5.74, 6) is -0.352. The highest BCUT2D eigenvalue weighted by atomic mass is 32.2. The van der Waals surface area contributed by atoms with E-state index in [-0.39, 0.29) is 16.9 Å². The van der Waals surface area contributed by atoms with Crippen LogP contribution in [-0.2, 0) is 17.1 Å². The van der Waals surface area contributed by atoms with E-state index in [1.807, 2.05) is 0 Å². The molecule has 0 amide bonds. The van der Waals surface area contributed by atoms with Crippen molar-refractivity contribution in [1.82, 2.24) is 13.9 Å². The number of hydrogen-bond donors (Lipinski definition) is 0. The average molecular weight is 309 g/mol. The average Bonchev–Trinajstić information content (AvgIpc) is 3.07. The van der Waals surface area contributed by atoms with Crippen LogP contribution in [0.3, 0.4) is 0 Å². The summed E-state index contributed by atoms with van der Waals surface area (Å²) < 4.78 is 41.8. The lowest BCUT2D eigenvalue weighted by atomic mass is 10.1. The van der Waals surface area contributed by atoms with E-state index in [1.165, 1.54) is 29.0 Å². The van der Waals surface area contributed by atoms with Gasteiger partial charge in [0.25, 0.3) is 10.0 Å². The lowest BCUT2D eigenvalue weighted by molar-refractivity contribution is 0.394. The molecule has 2 aromatic rings. The molecule has 112 valence electrons. The standard InChI is InChI=1S/C14H16FN3O2S/c1-17-9-14(16-10-17)21(19,20)18-7-3-6-13(18)11-4-2-5-12(15)8-11/h2,4-5,8-10,13H,3,6-7H2,1H3/t13-/m0/s1. The van der Waals surface area contributed by atoms with E-state index in [0.29, 0.717) is 18.5 Å². The molecule has 0 radical (unpaired) electrons. The van der Waals surface area contributed by atoms with E-state index in [0.717, 1.165) is 6.42 Å². The summed E-state index contributed by atoms with van der Waals surface area (Å²) >= 11 is 0. The lowest BCUT2D eigenvalue weighted by Gasteiger charge is -2.23. The van der Waals surface area contributed by atoms with Crippen molar-refractivity contribution in [2.24, 2.45) is 7.05 Å². The van der Waals surface area contributed by atoms with Gasteiger partial charge in [-0.3, -0.25) is 0 Å². The molecule has 2 heterocycles. The SMILES string of the molecule is Cn1cnc(S(=O)(=O)N2CCC[C@H]2c2cccc(F)c2)c1. The Bertz CT molecular complexity index is 757. The zero-order valence-electron chi connectivity index (χ0n) is 11.6. The fourth-order valence-electron chi connectivity index (χ4n) is 2.72. The molecule has 1 aromatic carbocycles. The minimum Gasteiger partial charge on any atom is -0.339 e. The molecule has 1 atom stereocenters. The highest BCUT2D eigenvalue weighted by molar-refractivity contribution is 7.89. The van der Waals surface area contributed by atoms with Crippen molar-refractivity contribution in [2.45, 2.75) is 23.9 Å². The Labute approximate surface area is 123 Å². The molecule has 0 N–H and O–H groups in total. The summed E-state index contributed by atoms with van der Waals surface area (Å²) in [4.78, 5) is 3.94. The molecule has 1 fully saturated rings. The Morgan fingerprint density at radius 3 is 2.86 bits per heavy atom. The molecule has 5 nitrogen and oxygen atoms in total. The van der Waals surface area contributed by atoms with Gasteiger partial charge in [-0.25, -0.2) is 17.8 Å². The van der Waals surface area contributed by atoms with E-state index >= 15 is 0 Å². The van der Waals surface area contributed by atoms with E-state index in [4.69, 9.17) is 0 Å². The van der Waals surface area contributed by atoms with Gasteiger partial charge in [-0.2, -0.15) is 4.31 Å². The van der Waals surface area contributed by atoms with Crippen molar-refractivity contribution < 1.29 is 12.8 Å². The highest BCUT2D eigenvalue weighted by Crippen LogP contribution is 2.36. The van der Waals surface area contributed by atoms with Crippen LogP contribution >= 0.6 is 0 Å². The van der Waals surface area contributed by atoms with Crippen LogP contribution in [-0.4, -0.2) is 28.8 Å².